The maximum absolute atomic E-state index is 12.5. The van der Waals surface area contributed by atoms with Crippen LogP contribution in [-0.2, 0) is 0 Å². The van der Waals surface area contributed by atoms with Crippen molar-refractivity contribution in [2.75, 3.05) is 5.32 Å². The summed E-state index contributed by atoms with van der Waals surface area (Å²) >= 11 is 5.28. The number of phenols is 1. The van der Waals surface area contributed by atoms with E-state index in [4.69, 9.17) is 21.1 Å². The molecule has 0 spiro atoms. The van der Waals surface area contributed by atoms with Gasteiger partial charge in [0, 0.05) is 11.1 Å². The topological polar surface area (TPSA) is 101 Å². The Morgan fingerprint density at radius 1 is 1.03 bits per heavy atom. The number of phenolic OH excluding ortho intramolecular Hbond substituents is 1. The maximum atomic E-state index is 12.5. The summed E-state index contributed by atoms with van der Waals surface area (Å²) in [6.45, 7) is 3.94. The van der Waals surface area contributed by atoms with Crippen molar-refractivity contribution in [3.8, 4) is 17.2 Å². The van der Waals surface area contributed by atoms with E-state index in [1.165, 1.54) is 6.07 Å². The lowest BCUT2D eigenvalue weighted by molar-refractivity contribution is 0.0953. The molecule has 2 heterocycles. The van der Waals surface area contributed by atoms with Gasteiger partial charge in [-0.05, 0) is 73.6 Å². The number of hydrogen-bond acceptors (Lipinski definition) is 6. The number of nitrogens with one attached hydrogen (secondary N) is 2. The van der Waals surface area contributed by atoms with E-state index in [0.717, 1.165) is 16.5 Å². The van der Waals surface area contributed by atoms with Gasteiger partial charge in [-0.2, -0.15) is 0 Å². The monoisotopic (exact) mass is 457 g/mol. The van der Waals surface area contributed by atoms with Crippen LogP contribution in [0.15, 0.2) is 69.5 Å². The Balaban J connectivity index is 1.36. The Bertz CT molecular complexity index is 1520. The number of anilines is 1. The number of furan rings is 1. The van der Waals surface area contributed by atoms with Crippen molar-refractivity contribution in [1.82, 2.24) is 10.3 Å². The molecule has 3 N–H and O–H groups in total. The molecule has 0 bridgehead atoms. The minimum atomic E-state index is -0.465. The highest BCUT2D eigenvalue weighted by Crippen LogP contribution is 2.34. The summed E-state index contributed by atoms with van der Waals surface area (Å²) in [6.07, 6.45) is 0. The fourth-order valence-corrected chi connectivity index (χ4v) is 3.91. The second kappa shape index (κ2) is 8.07. The number of amides is 1. The van der Waals surface area contributed by atoms with Gasteiger partial charge < -0.3 is 19.3 Å². The number of benzene rings is 3. The lowest BCUT2D eigenvalue weighted by Crippen LogP contribution is -2.33. The molecule has 0 saturated carbocycles. The van der Waals surface area contributed by atoms with Crippen LogP contribution >= 0.6 is 12.2 Å². The number of carbonyl (C=O) groups excluding carboxylic acids is 1. The van der Waals surface area contributed by atoms with Crippen molar-refractivity contribution >= 4 is 51.0 Å². The first-order chi connectivity index (χ1) is 15.9. The highest BCUT2D eigenvalue weighted by molar-refractivity contribution is 7.80. The quantitative estimate of drug-likeness (QED) is 0.236. The first-order valence-electron chi connectivity index (χ1n) is 10.2. The minimum Gasteiger partial charge on any atom is -0.507 e. The van der Waals surface area contributed by atoms with Gasteiger partial charge in [-0.1, -0.05) is 24.3 Å². The van der Waals surface area contributed by atoms with E-state index < -0.39 is 5.91 Å². The van der Waals surface area contributed by atoms with E-state index in [0.29, 0.717) is 27.9 Å². The SMILES string of the molecule is Cc1cc(C)c2oc(-c3cc(NC(=S)NC(=O)c4cc5ccccc5o4)ccc3O)nc2c1. The number of rotatable bonds is 3. The Kier molecular flexibility index (Phi) is 5.07. The molecule has 33 heavy (non-hydrogen) atoms. The minimum absolute atomic E-state index is 0.0127. The van der Waals surface area contributed by atoms with Crippen LogP contribution in [0.25, 0.3) is 33.5 Å². The Morgan fingerprint density at radius 3 is 2.67 bits per heavy atom. The van der Waals surface area contributed by atoms with Gasteiger partial charge in [0.05, 0.1) is 5.56 Å². The van der Waals surface area contributed by atoms with E-state index in [9.17, 15) is 9.90 Å². The average molecular weight is 458 g/mol. The third-order valence-electron chi connectivity index (χ3n) is 5.18. The van der Waals surface area contributed by atoms with Crippen molar-refractivity contribution in [2.45, 2.75) is 13.8 Å². The third kappa shape index (κ3) is 4.04. The predicted octanol–water partition coefficient (Wildman–Crippen LogP) is 5.69. The standard InChI is InChI=1S/C25H19N3O4S/c1-13-9-14(2)22-18(10-13)27-24(32-22)17-12-16(7-8-19(17)29)26-25(33)28-23(30)21-11-15-5-3-4-6-20(15)31-21/h3-12,29H,1-2H3,(H2,26,28,30,33). The van der Waals surface area contributed by atoms with Gasteiger partial charge >= 0.3 is 0 Å². The summed E-state index contributed by atoms with van der Waals surface area (Å²) in [5.41, 5.74) is 4.99. The molecule has 0 unspecified atom stereocenters. The molecule has 0 aliphatic heterocycles. The predicted molar refractivity (Wildman–Crippen MR) is 130 cm³/mol. The molecule has 8 heteroatoms. The molecular weight excluding hydrogens is 438 g/mol. The summed E-state index contributed by atoms with van der Waals surface area (Å²) in [5, 5.41) is 16.8. The van der Waals surface area contributed by atoms with E-state index in [1.807, 2.05) is 44.2 Å². The van der Waals surface area contributed by atoms with Crippen LogP contribution < -0.4 is 10.6 Å². The molecule has 1 amide bonds. The zero-order valence-corrected chi connectivity index (χ0v) is 18.6. The number of aromatic nitrogens is 1. The fourth-order valence-electron chi connectivity index (χ4n) is 3.70. The number of aryl methyl sites for hydroxylation is 2. The van der Waals surface area contributed by atoms with Crippen LogP contribution in [0.2, 0.25) is 0 Å². The van der Waals surface area contributed by atoms with Crippen molar-refractivity contribution in [3.63, 3.8) is 0 Å². The molecule has 2 aromatic heterocycles. The normalized spacial score (nSPS) is 11.1. The molecule has 0 atom stereocenters. The molecule has 0 aliphatic carbocycles. The molecule has 0 fully saturated rings. The zero-order chi connectivity index (χ0) is 23.1. The number of thiocarbonyl (C=S) groups is 1. The van der Waals surface area contributed by atoms with Gasteiger partial charge in [-0.3, -0.25) is 10.1 Å². The number of aromatic hydroxyl groups is 1. The maximum Gasteiger partial charge on any atom is 0.293 e. The molecule has 164 valence electrons. The van der Waals surface area contributed by atoms with Crippen LogP contribution in [0.5, 0.6) is 5.75 Å². The number of fused-ring (bicyclic) bond motifs is 2. The molecule has 5 aromatic rings. The van der Waals surface area contributed by atoms with Crippen LogP contribution in [0.1, 0.15) is 21.7 Å². The lowest BCUT2D eigenvalue weighted by Gasteiger charge is -2.10. The second-order valence-electron chi connectivity index (χ2n) is 7.74. The molecule has 0 radical (unpaired) electrons. The zero-order valence-electron chi connectivity index (χ0n) is 17.8. The average Bonchev–Trinajstić information content (AvgIpc) is 3.39. The molecule has 0 aliphatic rings. The Hall–Kier alpha value is -4.17. The summed E-state index contributed by atoms with van der Waals surface area (Å²) in [6, 6.07) is 17.7. The molecule has 3 aromatic carbocycles. The second-order valence-corrected chi connectivity index (χ2v) is 8.15. The van der Waals surface area contributed by atoms with Crippen molar-refractivity contribution < 1.29 is 18.7 Å². The molecule has 0 saturated heterocycles. The highest BCUT2D eigenvalue weighted by Gasteiger charge is 2.17. The van der Waals surface area contributed by atoms with Crippen molar-refractivity contribution in [1.29, 1.82) is 0 Å². The summed E-state index contributed by atoms with van der Waals surface area (Å²) in [7, 11) is 0. The number of carbonyl (C=O) groups is 1. The molecule has 5 rings (SSSR count). The van der Waals surface area contributed by atoms with Gasteiger partial charge in [0.1, 0.15) is 16.8 Å². The van der Waals surface area contributed by atoms with Gasteiger partial charge in [0.2, 0.25) is 5.89 Å². The van der Waals surface area contributed by atoms with Crippen molar-refractivity contribution in [2.24, 2.45) is 0 Å². The van der Waals surface area contributed by atoms with Gasteiger partial charge in [-0.15, -0.1) is 0 Å². The van der Waals surface area contributed by atoms with Gasteiger partial charge in [0.25, 0.3) is 5.91 Å². The number of para-hydroxylation sites is 1. The van der Waals surface area contributed by atoms with Crippen LogP contribution in [0, 0.1) is 13.8 Å². The number of hydrogen-bond donors (Lipinski definition) is 3. The van der Waals surface area contributed by atoms with Gasteiger partial charge in [-0.25, -0.2) is 4.98 Å². The molecule has 7 nitrogen and oxygen atoms in total. The van der Waals surface area contributed by atoms with Gasteiger partial charge in [0.15, 0.2) is 16.5 Å². The Labute approximate surface area is 194 Å². The first kappa shape index (κ1) is 20.7. The van der Waals surface area contributed by atoms with E-state index >= 15 is 0 Å². The third-order valence-corrected chi connectivity index (χ3v) is 5.39. The summed E-state index contributed by atoms with van der Waals surface area (Å²) in [4.78, 5) is 17.0. The van der Waals surface area contributed by atoms with E-state index in [1.54, 1.807) is 24.3 Å². The Morgan fingerprint density at radius 2 is 1.85 bits per heavy atom. The smallest absolute Gasteiger partial charge is 0.293 e. The first-order valence-corrected chi connectivity index (χ1v) is 10.6. The van der Waals surface area contributed by atoms with Crippen LogP contribution in [0.4, 0.5) is 5.69 Å². The number of oxazole rings is 1. The van der Waals surface area contributed by atoms with Crippen molar-refractivity contribution in [3.05, 3.63) is 77.6 Å². The van der Waals surface area contributed by atoms with E-state index in [2.05, 4.69) is 15.6 Å². The highest BCUT2D eigenvalue weighted by atomic mass is 32.1. The fraction of sp³-hybridized carbons (Fsp3) is 0.0800. The molecular formula is C25H19N3O4S. The van der Waals surface area contributed by atoms with E-state index in [-0.39, 0.29) is 22.5 Å². The van der Waals surface area contributed by atoms with Crippen LogP contribution in [0.3, 0.4) is 0 Å². The van der Waals surface area contributed by atoms with Crippen LogP contribution in [-0.4, -0.2) is 21.1 Å². The summed E-state index contributed by atoms with van der Waals surface area (Å²) < 4.78 is 11.5. The lowest BCUT2D eigenvalue weighted by atomic mass is 10.1. The largest absolute Gasteiger partial charge is 0.507 e. The number of nitrogens with zero attached hydrogens (tertiary/aromatic N) is 1. The summed E-state index contributed by atoms with van der Waals surface area (Å²) in [5.74, 6) is -0.00725.